The maximum atomic E-state index is 8.89. The smallest absolute Gasteiger partial charge is 0.693 e. The first-order chi connectivity index (χ1) is 1.73. The van der Waals surface area contributed by atoms with Gasteiger partial charge in [-0.2, -0.15) is 0 Å². The Bertz CT molecular complexity index is 38.7. The molecule has 0 aromatic carbocycles. The molecule has 0 saturated heterocycles. The van der Waals surface area contributed by atoms with Crippen LogP contribution in [0.1, 0.15) is 0 Å². The van der Waals surface area contributed by atoms with Crippen LogP contribution in [0.2, 0.25) is 0 Å². The van der Waals surface area contributed by atoms with Crippen molar-refractivity contribution >= 4 is 6.09 Å². The van der Waals surface area contributed by atoms with Crippen molar-refractivity contribution in [1.82, 2.24) is 0 Å². The number of amides is 1. The summed E-state index contributed by atoms with van der Waals surface area (Å²) in [5.41, 5.74) is 4.14. The monoisotopic (exact) mass is 201 g/mol. The van der Waals surface area contributed by atoms with Gasteiger partial charge >= 0.3 is 22.9 Å². The molecule has 0 rings (SSSR count). The van der Waals surface area contributed by atoms with Gasteiger partial charge in [0.15, 0.2) is 0 Å². The van der Waals surface area contributed by atoms with Gasteiger partial charge in [-0.3, -0.25) is 5.73 Å². The molecule has 0 bridgehead atoms. The van der Waals surface area contributed by atoms with Crippen LogP contribution in [0.3, 0.4) is 0 Å². The Morgan fingerprint density at radius 3 is 1.00 bits per heavy atom. The molecule has 0 spiro atoms. The van der Waals surface area contributed by atoms with Gasteiger partial charge in [0.05, 0.1) is 4.79 Å². The Labute approximate surface area is 70.0 Å². The molecule has 0 heterocycles. The Morgan fingerprint density at radius 1 is 1.00 bits per heavy atom. The van der Waals surface area contributed by atoms with E-state index >= 15 is 0 Å². The fourth-order valence-corrected chi connectivity index (χ4v) is 0. The van der Waals surface area contributed by atoms with Crippen LogP contribution in [-0.4, -0.2) is 11.2 Å². The Kier molecular flexibility index (Phi) is 787. The third kappa shape index (κ3) is 1830. The summed E-state index contributed by atoms with van der Waals surface area (Å²) in [6.07, 6.45) is -1.08. The first kappa shape index (κ1) is 106. The van der Waals surface area contributed by atoms with Crippen molar-refractivity contribution in [2.24, 2.45) is 5.73 Å². The molecule has 0 radical (unpaired) electrons. The van der Waals surface area contributed by atoms with Crippen molar-refractivity contribution < 1.29 is 26.7 Å². The predicted octanol–water partition coefficient (Wildman–Crippen LogP) is 2.37. The number of carbonyl (C=O) groups excluding carboxylic acids is 1. The molecule has 8 nitrogen and oxygen atoms in total. The van der Waals surface area contributed by atoms with Crippen LogP contribution in [0.5, 0.6) is 0 Å². The van der Waals surface area contributed by atoms with E-state index in [1.807, 2.05) is 0 Å². The second-order valence-corrected chi connectivity index (χ2v) is 0.364. The van der Waals surface area contributed by atoms with Crippen molar-refractivity contribution in [2.45, 2.75) is 0 Å². The van der Waals surface area contributed by atoms with Crippen LogP contribution < -0.4 is 5.73 Å². The first-order valence-electron chi connectivity index (χ1n) is 0.743. The summed E-state index contributed by atoms with van der Waals surface area (Å²) < 4.78 is 0. The zero-order valence-electron chi connectivity index (χ0n) is 5.21. The molecule has 0 atom stereocenters. The van der Waals surface area contributed by atoms with E-state index < -0.39 is 6.09 Å². The van der Waals surface area contributed by atoms with E-state index in [0.717, 1.165) is 0 Å². The second kappa shape index (κ2) is 74.2. The Hall–Kier alpha value is -0.424. The molecule has 0 aromatic heterocycles. The fourth-order valence-electron chi connectivity index (χ4n) is 0. The van der Waals surface area contributed by atoms with Crippen molar-refractivity contribution in [2.75, 3.05) is 0 Å². The molecule has 1 amide bonds. The fraction of sp³-hybridized carbons (Fsp3) is 0. The van der Waals surface area contributed by atoms with Crippen molar-refractivity contribution in [3.63, 3.8) is 0 Å². The van der Waals surface area contributed by atoms with Crippen molar-refractivity contribution in [1.29, 1.82) is 0 Å². The van der Waals surface area contributed by atoms with Crippen LogP contribution in [0.4, 0.5) is 4.79 Å². The molecule has 10 heavy (non-hydrogen) atoms. The summed E-state index contributed by atoms with van der Waals surface area (Å²) in [7, 11) is 0. The normalized spacial score (nSPS) is 2.40. The van der Waals surface area contributed by atoms with Gasteiger partial charge in [-0.25, -0.2) is 0 Å². The standard InChI is InChI=1S/CH3NO2.Co.5H2N/c2-1(3)4;;;;;;/h2H2,(H,3,4);;5*1H2/q;+3;5*-1/p+1. The summed E-state index contributed by atoms with van der Waals surface area (Å²) >= 11 is 0. The molecule has 14 N–H and O–H groups in total. The quantitative estimate of drug-likeness (QED) is 0.570. The molecule has 9 heteroatoms. The minimum atomic E-state index is -1.08. The molecule has 0 aromatic rings. The minimum absolute atomic E-state index is 0. The number of rotatable bonds is 0. The number of primary amides is 1. The maximum Gasteiger partial charge on any atom is 3.00 e. The Morgan fingerprint density at radius 2 is 1.00 bits per heavy atom. The summed E-state index contributed by atoms with van der Waals surface area (Å²) in [5, 5.41) is 5.72. The van der Waals surface area contributed by atoms with Gasteiger partial charge in [0.25, 0.3) is 0 Å². The number of hydrogen-bond acceptors (Lipinski definition) is 1. The first-order valence-corrected chi connectivity index (χ1v) is 0.743. The summed E-state index contributed by atoms with van der Waals surface area (Å²) in [5.74, 6) is 0. The minimum Gasteiger partial charge on any atom is -0.693 e. The third-order valence-electron chi connectivity index (χ3n) is 0. The van der Waals surface area contributed by atoms with Gasteiger partial charge in [0, 0.05) is 0 Å². The van der Waals surface area contributed by atoms with Gasteiger partial charge in [-0.05, 0) is 0 Å². The maximum absolute atomic E-state index is 8.89. The Balaban J connectivity index is -0.00000000300. The van der Waals surface area contributed by atoms with E-state index in [2.05, 4.69) is 5.73 Å². The average molecular weight is 201 g/mol. The summed E-state index contributed by atoms with van der Waals surface area (Å²) in [4.78, 5) is 8.89. The molecular weight excluding hydrogens is 187 g/mol. The van der Waals surface area contributed by atoms with Crippen molar-refractivity contribution in [3.05, 3.63) is 30.8 Å². The average Bonchev–Trinajstić information content (AvgIpc) is 0.811. The largest absolute Gasteiger partial charge is 3.00 e. The van der Waals surface area contributed by atoms with E-state index in [-0.39, 0.29) is 47.5 Å². The van der Waals surface area contributed by atoms with E-state index in [4.69, 9.17) is 9.90 Å². The summed E-state index contributed by atoms with van der Waals surface area (Å²) in [6, 6.07) is 0. The van der Waals surface area contributed by atoms with Gasteiger partial charge in [-0.1, -0.05) is 0 Å². The van der Waals surface area contributed by atoms with Crippen LogP contribution in [0.25, 0.3) is 30.8 Å². The van der Waals surface area contributed by atoms with Crippen LogP contribution in [-0.2, 0) is 16.8 Å². The molecule has 0 aliphatic carbocycles. The molecule has 70 valence electrons. The topological polar surface area (TPSA) is 233 Å². The number of hydrogen-bond donors (Lipinski definition) is 1. The van der Waals surface area contributed by atoms with Gasteiger partial charge in [0.2, 0.25) is 0 Å². The molecule has 0 aliphatic heterocycles. The molecule has 0 saturated carbocycles. The van der Waals surface area contributed by atoms with Gasteiger partial charge in [0.1, 0.15) is 0 Å². The zero-order valence-corrected chi connectivity index (χ0v) is 6.25. The summed E-state index contributed by atoms with van der Waals surface area (Å²) in [6.45, 7) is 0. The molecular formula is CH14CoN6O2-. The van der Waals surface area contributed by atoms with E-state index in [9.17, 15) is 0 Å². The second-order valence-electron chi connectivity index (χ2n) is 0.364. The number of nitrogens with two attached hydrogens (primary N) is 6. The van der Waals surface area contributed by atoms with Crippen LogP contribution >= 0.6 is 0 Å². The zero-order chi connectivity index (χ0) is 3.58. The molecule has 0 aliphatic rings. The predicted molar refractivity (Wildman–Crippen MR) is 39.6 cm³/mol. The molecule has 0 fully saturated rings. The molecule has 0 unspecified atom stereocenters. The van der Waals surface area contributed by atoms with Crippen LogP contribution in [0, 0.1) is 0 Å². The third-order valence-corrected chi connectivity index (χ3v) is 0. The van der Waals surface area contributed by atoms with E-state index in [0.29, 0.717) is 0 Å². The van der Waals surface area contributed by atoms with Crippen molar-refractivity contribution in [3.8, 4) is 0 Å². The van der Waals surface area contributed by atoms with Crippen LogP contribution in [0.15, 0.2) is 0 Å². The van der Waals surface area contributed by atoms with E-state index in [1.165, 1.54) is 0 Å². The SMILES string of the molecule is NC(=O)[OH2+].[Co+3].[NH2-].[NH2-].[NH2-].[NH2-].[NH2-]. The number of carbonyl (C=O) groups is 1. The van der Waals surface area contributed by atoms with Gasteiger partial charge < -0.3 is 35.9 Å². The van der Waals surface area contributed by atoms with E-state index in [1.54, 1.807) is 0 Å². The van der Waals surface area contributed by atoms with Gasteiger partial charge in [-0.15, -0.1) is 0 Å².